The average molecular weight is 241 g/mol. The van der Waals surface area contributed by atoms with Gasteiger partial charge in [-0.1, -0.05) is 28.1 Å². The van der Waals surface area contributed by atoms with Crippen molar-refractivity contribution in [1.29, 1.82) is 0 Å². The minimum Gasteiger partial charge on any atom is -0.491 e. The van der Waals surface area contributed by atoms with Crippen molar-refractivity contribution >= 4 is 21.7 Å². The van der Waals surface area contributed by atoms with Gasteiger partial charge in [0.15, 0.2) is 5.78 Å². The van der Waals surface area contributed by atoms with Crippen LogP contribution in [0.25, 0.3) is 0 Å². The van der Waals surface area contributed by atoms with Gasteiger partial charge in [-0.2, -0.15) is 0 Å². The summed E-state index contributed by atoms with van der Waals surface area (Å²) in [7, 11) is 0. The van der Waals surface area contributed by atoms with Gasteiger partial charge in [0.1, 0.15) is 16.7 Å². The number of benzene rings is 1. The molecule has 0 unspecified atom stereocenters. The largest absolute Gasteiger partial charge is 0.491 e. The lowest BCUT2D eigenvalue weighted by Gasteiger charge is -2.27. The summed E-state index contributed by atoms with van der Waals surface area (Å²) in [6.07, 6.45) is 0. The Morgan fingerprint density at radius 1 is 1.46 bits per heavy atom. The monoisotopic (exact) mass is 240 g/mol. The third-order valence-corrected chi connectivity index (χ3v) is 2.69. The minimum absolute atomic E-state index is 0.0920. The van der Waals surface area contributed by atoms with E-state index in [1.807, 2.05) is 25.1 Å². The predicted octanol–water partition coefficient (Wildman–Crippen LogP) is 2.42. The van der Waals surface area contributed by atoms with Crippen molar-refractivity contribution in [2.75, 3.05) is 6.61 Å². The Bertz CT molecular complexity index is 358. The molecule has 0 saturated heterocycles. The topological polar surface area (TPSA) is 26.3 Å². The Morgan fingerprint density at radius 2 is 2.15 bits per heavy atom. The highest BCUT2D eigenvalue weighted by atomic mass is 79.9. The van der Waals surface area contributed by atoms with E-state index in [9.17, 15) is 4.79 Å². The molecule has 1 atom stereocenters. The zero-order chi connectivity index (χ0) is 9.47. The first-order valence-electron chi connectivity index (χ1n) is 4.07. The van der Waals surface area contributed by atoms with Gasteiger partial charge >= 0.3 is 0 Å². The van der Waals surface area contributed by atoms with E-state index in [2.05, 4.69) is 15.9 Å². The fourth-order valence-electron chi connectivity index (χ4n) is 1.34. The maximum absolute atomic E-state index is 11.8. The fraction of sp³-hybridized carbons (Fsp3) is 0.300. The molecule has 1 aromatic carbocycles. The van der Waals surface area contributed by atoms with Crippen LogP contribution in [0.3, 0.4) is 0 Å². The Hall–Kier alpha value is -0.830. The van der Waals surface area contributed by atoms with Crippen LogP contribution in [0.1, 0.15) is 17.3 Å². The fourth-order valence-corrected chi connectivity index (χ4v) is 1.67. The average Bonchev–Trinajstić information content (AvgIpc) is 2.13. The summed E-state index contributed by atoms with van der Waals surface area (Å²) in [6.45, 7) is 2.22. The van der Waals surface area contributed by atoms with E-state index in [1.54, 1.807) is 6.07 Å². The third-order valence-electron chi connectivity index (χ3n) is 2.10. The number of fused-ring (bicyclic) bond motifs is 1. The van der Waals surface area contributed by atoms with Gasteiger partial charge in [0.2, 0.25) is 0 Å². The van der Waals surface area contributed by atoms with Gasteiger partial charge in [0, 0.05) is 0 Å². The summed E-state index contributed by atoms with van der Waals surface area (Å²) in [6, 6.07) is 7.31. The summed E-state index contributed by atoms with van der Waals surface area (Å²) in [4.78, 5) is 11.8. The Balaban J connectivity index is 2.52. The number of carbonyl (C=O) groups is 1. The van der Waals surface area contributed by atoms with Crippen molar-refractivity contribution in [3.05, 3.63) is 29.8 Å². The molecule has 68 valence electrons. The molecule has 0 N–H and O–H groups in total. The summed E-state index contributed by atoms with van der Waals surface area (Å²) < 4.78 is 4.87. The lowest BCUT2D eigenvalue weighted by Crippen LogP contribution is -2.39. The Morgan fingerprint density at radius 3 is 2.92 bits per heavy atom. The molecule has 0 aliphatic carbocycles. The SMILES string of the molecule is C[C@]1(Br)COc2ccccc2C1=O. The normalized spacial score (nSPS) is 26.5. The van der Waals surface area contributed by atoms with Crippen LogP contribution in [0.5, 0.6) is 5.75 Å². The second-order valence-electron chi connectivity index (χ2n) is 3.31. The number of Topliss-reactive ketones (excluding diaryl/α,β-unsaturated/α-hetero) is 1. The summed E-state index contributed by atoms with van der Waals surface area (Å²) in [5.74, 6) is 0.777. The van der Waals surface area contributed by atoms with Crippen LogP contribution in [0.4, 0.5) is 0 Å². The molecule has 13 heavy (non-hydrogen) atoms. The van der Waals surface area contributed by atoms with Crippen LogP contribution in [0.2, 0.25) is 0 Å². The van der Waals surface area contributed by atoms with Crippen LogP contribution in [0, 0.1) is 0 Å². The number of carbonyl (C=O) groups excluding carboxylic acids is 1. The van der Waals surface area contributed by atoms with Gasteiger partial charge in [0.05, 0.1) is 5.56 Å². The molecular formula is C10H9BrO2. The highest BCUT2D eigenvalue weighted by Gasteiger charge is 2.37. The van der Waals surface area contributed by atoms with Crippen LogP contribution in [-0.4, -0.2) is 16.7 Å². The van der Waals surface area contributed by atoms with Gasteiger partial charge < -0.3 is 4.74 Å². The van der Waals surface area contributed by atoms with Crippen LogP contribution >= 0.6 is 15.9 Å². The lowest BCUT2D eigenvalue weighted by molar-refractivity contribution is 0.0888. The number of ketones is 1. The second-order valence-corrected chi connectivity index (χ2v) is 5.06. The number of rotatable bonds is 0. The Kier molecular flexibility index (Phi) is 1.91. The Labute approximate surface area is 85.0 Å². The first-order chi connectivity index (χ1) is 6.11. The molecule has 2 rings (SSSR count). The van der Waals surface area contributed by atoms with Gasteiger partial charge in [-0.3, -0.25) is 4.79 Å². The summed E-state index contributed by atoms with van der Waals surface area (Å²) >= 11 is 3.35. The van der Waals surface area contributed by atoms with Crippen molar-refractivity contribution < 1.29 is 9.53 Å². The number of ether oxygens (including phenoxy) is 1. The number of hydrogen-bond acceptors (Lipinski definition) is 2. The molecule has 2 nitrogen and oxygen atoms in total. The van der Waals surface area contributed by atoms with Crippen LogP contribution in [-0.2, 0) is 0 Å². The van der Waals surface area contributed by atoms with Gasteiger partial charge in [-0.25, -0.2) is 0 Å². The number of alkyl halides is 1. The van der Waals surface area contributed by atoms with Gasteiger partial charge in [0.25, 0.3) is 0 Å². The van der Waals surface area contributed by atoms with E-state index < -0.39 is 4.32 Å². The van der Waals surface area contributed by atoms with Crippen molar-refractivity contribution in [3.63, 3.8) is 0 Å². The maximum Gasteiger partial charge on any atom is 0.186 e. The highest BCUT2D eigenvalue weighted by Crippen LogP contribution is 2.33. The number of para-hydroxylation sites is 1. The lowest BCUT2D eigenvalue weighted by atomic mass is 9.97. The number of hydrogen-bond donors (Lipinski definition) is 0. The molecule has 0 spiro atoms. The quantitative estimate of drug-likeness (QED) is 0.652. The minimum atomic E-state index is -0.568. The zero-order valence-electron chi connectivity index (χ0n) is 7.21. The summed E-state index contributed by atoms with van der Waals surface area (Å²) in [5.41, 5.74) is 0.660. The predicted molar refractivity (Wildman–Crippen MR) is 53.6 cm³/mol. The van der Waals surface area contributed by atoms with Crippen LogP contribution < -0.4 is 4.74 Å². The van der Waals surface area contributed by atoms with E-state index in [1.165, 1.54) is 0 Å². The molecule has 0 radical (unpaired) electrons. The van der Waals surface area contributed by atoms with Gasteiger partial charge in [-0.05, 0) is 19.1 Å². The van der Waals surface area contributed by atoms with E-state index in [0.29, 0.717) is 17.9 Å². The molecule has 0 amide bonds. The van der Waals surface area contributed by atoms with Gasteiger partial charge in [-0.15, -0.1) is 0 Å². The molecule has 3 heteroatoms. The molecular weight excluding hydrogens is 232 g/mol. The van der Waals surface area contributed by atoms with E-state index in [4.69, 9.17) is 4.74 Å². The van der Waals surface area contributed by atoms with E-state index in [-0.39, 0.29) is 5.78 Å². The second kappa shape index (κ2) is 2.84. The van der Waals surface area contributed by atoms with Crippen molar-refractivity contribution in [2.24, 2.45) is 0 Å². The molecule has 0 saturated carbocycles. The smallest absolute Gasteiger partial charge is 0.186 e. The first kappa shape index (κ1) is 8.75. The van der Waals surface area contributed by atoms with Crippen molar-refractivity contribution in [2.45, 2.75) is 11.2 Å². The first-order valence-corrected chi connectivity index (χ1v) is 4.86. The van der Waals surface area contributed by atoms with E-state index in [0.717, 1.165) is 0 Å². The molecule has 1 heterocycles. The standard InChI is InChI=1S/C10H9BrO2/c1-10(11)6-13-8-5-3-2-4-7(8)9(10)12/h2-5H,6H2,1H3/t10-/m0/s1. The van der Waals surface area contributed by atoms with Crippen molar-refractivity contribution in [1.82, 2.24) is 0 Å². The maximum atomic E-state index is 11.8. The molecule has 1 aliphatic rings. The van der Waals surface area contributed by atoms with Crippen LogP contribution in [0.15, 0.2) is 24.3 Å². The molecule has 0 fully saturated rings. The molecule has 0 aromatic heterocycles. The van der Waals surface area contributed by atoms with Crippen molar-refractivity contribution in [3.8, 4) is 5.75 Å². The molecule has 1 aromatic rings. The third kappa shape index (κ3) is 1.37. The highest BCUT2D eigenvalue weighted by molar-refractivity contribution is 9.10. The number of halogens is 1. The van der Waals surface area contributed by atoms with E-state index >= 15 is 0 Å². The summed E-state index contributed by atoms with van der Waals surface area (Å²) in [5, 5.41) is 0. The zero-order valence-corrected chi connectivity index (χ0v) is 8.80. The molecule has 0 bridgehead atoms. The molecule has 1 aliphatic heterocycles.